The predicted molar refractivity (Wildman–Crippen MR) is 95.7 cm³/mol. The topological polar surface area (TPSA) is 74.0 Å². The second-order valence-electron chi connectivity index (χ2n) is 7.21. The van der Waals surface area contributed by atoms with Crippen LogP contribution in [0, 0.1) is 18.3 Å². The number of piperidine rings is 1. The van der Waals surface area contributed by atoms with Crippen LogP contribution in [0.15, 0.2) is 16.9 Å². The van der Waals surface area contributed by atoms with Crippen molar-refractivity contribution in [3.05, 3.63) is 33.7 Å². The van der Waals surface area contributed by atoms with E-state index in [2.05, 4.69) is 16.0 Å². The highest BCUT2D eigenvalue weighted by Crippen LogP contribution is 2.28. The number of ether oxygens (including phenoxy) is 1. The predicted octanol–water partition coefficient (Wildman–Crippen LogP) is 2.33. The Hall–Kier alpha value is -2.10. The third-order valence-electron chi connectivity index (χ3n) is 5.75. The summed E-state index contributed by atoms with van der Waals surface area (Å²) in [5, 5.41) is 9.19. The van der Waals surface area contributed by atoms with Crippen molar-refractivity contribution < 1.29 is 4.74 Å². The van der Waals surface area contributed by atoms with Crippen molar-refractivity contribution in [2.24, 2.45) is 0 Å². The minimum atomic E-state index is -0.0611. The van der Waals surface area contributed by atoms with E-state index >= 15 is 0 Å². The van der Waals surface area contributed by atoms with E-state index < -0.39 is 0 Å². The Kier molecular flexibility index (Phi) is 4.36. The Morgan fingerprint density at radius 3 is 2.56 bits per heavy atom. The molecule has 1 aromatic carbocycles. The molecule has 1 aromatic heterocycles. The number of aromatic nitrogens is 2. The molecule has 0 aliphatic carbocycles. The molecule has 2 aliphatic rings. The summed E-state index contributed by atoms with van der Waals surface area (Å²) in [6, 6.07) is 6.81. The molecule has 2 aliphatic heterocycles. The molecule has 132 valence electrons. The zero-order chi connectivity index (χ0) is 17.4. The summed E-state index contributed by atoms with van der Waals surface area (Å²) in [5.41, 5.74) is 3.16. The third-order valence-corrected chi connectivity index (χ3v) is 5.75. The fraction of sp³-hybridized carbons (Fsp3) is 0.579. The SMILES string of the molecule is Cc1cc2c(cc1C#N)[nH]c(=O)n2C1CCN(C2CCOCC2)CC1. The van der Waals surface area contributed by atoms with E-state index in [0.717, 1.165) is 68.6 Å². The highest BCUT2D eigenvalue weighted by molar-refractivity contribution is 5.78. The Balaban J connectivity index is 1.57. The van der Waals surface area contributed by atoms with Crippen LogP contribution in [0.25, 0.3) is 11.0 Å². The molecule has 2 saturated heterocycles. The molecular weight excluding hydrogens is 316 g/mol. The number of likely N-dealkylation sites (tertiary alicyclic amines) is 1. The monoisotopic (exact) mass is 340 g/mol. The largest absolute Gasteiger partial charge is 0.381 e. The maximum atomic E-state index is 12.5. The number of nitriles is 1. The zero-order valence-electron chi connectivity index (χ0n) is 14.6. The average molecular weight is 340 g/mol. The number of rotatable bonds is 2. The number of fused-ring (bicyclic) bond motifs is 1. The van der Waals surface area contributed by atoms with Gasteiger partial charge in [0.2, 0.25) is 0 Å². The summed E-state index contributed by atoms with van der Waals surface area (Å²) in [6.45, 7) is 5.72. The van der Waals surface area contributed by atoms with E-state index in [4.69, 9.17) is 4.74 Å². The van der Waals surface area contributed by atoms with Crippen LogP contribution in [0.3, 0.4) is 0 Å². The van der Waals surface area contributed by atoms with Crippen LogP contribution in [-0.2, 0) is 4.74 Å². The molecule has 1 N–H and O–H groups in total. The summed E-state index contributed by atoms with van der Waals surface area (Å²) in [7, 11) is 0. The summed E-state index contributed by atoms with van der Waals surface area (Å²) in [6.07, 6.45) is 4.22. The number of aromatic amines is 1. The number of hydrogen-bond donors (Lipinski definition) is 1. The maximum absolute atomic E-state index is 12.5. The molecule has 6 heteroatoms. The van der Waals surface area contributed by atoms with Crippen LogP contribution in [0.4, 0.5) is 0 Å². The van der Waals surface area contributed by atoms with Gasteiger partial charge in [-0.05, 0) is 50.3 Å². The smallest absolute Gasteiger partial charge is 0.326 e. The normalized spacial score (nSPS) is 20.8. The summed E-state index contributed by atoms with van der Waals surface area (Å²) in [4.78, 5) is 18.0. The van der Waals surface area contributed by atoms with Crippen molar-refractivity contribution in [3.8, 4) is 6.07 Å². The lowest BCUT2D eigenvalue weighted by Crippen LogP contribution is -2.45. The van der Waals surface area contributed by atoms with Crippen LogP contribution in [0.5, 0.6) is 0 Å². The molecule has 0 amide bonds. The standard InChI is InChI=1S/C19H24N4O2/c1-13-10-18-17(11-14(13)12-20)21-19(24)23(18)16-2-6-22(7-3-16)15-4-8-25-9-5-15/h10-11,15-16H,2-9H2,1H3,(H,21,24). The molecule has 25 heavy (non-hydrogen) atoms. The molecule has 2 aromatic rings. The molecule has 6 nitrogen and oxygen atoms in total. The maximum Gasteiger partial charge on any atom is 0.326 e. The van der Waals surface area contributed by atoms with Gasteiger partial charge in [-0.2, -0.15) is 5.26 Å². The van der Waals surface area contributed by atoms with E-state index in [-0.39, 0.29) is 11.7 Å². The Morgan fingerprint density at radius 2 is 1.88 bits per heavy atom. The van der Waals surface area contributed by atoms with Crippen molar-refractivity contribution in [2.75, 3.05) is 26.3 Å². The molecule has 0 unspecified atom stereocenters. The first kappa shape index (κ1) is 16.4. The van der Waals surface area contributed by atoms with Gasteiger partial charge in [0.25, 0.3) is 0 Å². The van der Waals surface area contributed by atoms with Gasteiger partial charge in [-0.25, -0.2) is 4.79 Å². The molecule has 2 fully saturated rings. The van der Waals surface area contributed by atoms with Gasteiger partial charge < -0.3 is 14.6 Å². The molecule has 0 spiro atoms. The van der Waals surface area contributed by atoms with Crippen molar-refractivity contribution >= 4 is 11.0 Å². The summed E-state index contributed by atoms with van der Waals surface area (Å²) < 4.78 is 7.37. The Labute approximate surface area is 147 Å². The van der Waals surface area contributed by atoms with Crippen LogP contribution in [-0.4, -0.2) is 46.8 Å². The van der Waals surface area contributed by atoms with Gasteiger partial charge >= 0.3 is 5.69 Å². The van der Waals surface area contributed by atoms with Gasteiger partial charge in [0, 0.05) is 38.4 Å². The molecule has 0 radical (unpaired) electrons. The molecule has 3 heterocycles. The summed E-state index contributed by atoms with van der Waals surface area (Å²) >= 11 is 0. The lowest BCUT2D eigenvalue weighted by Gasteiger charge is -2.39. The van der Waals surface area contributed by atoms with Crippen LogP contribution in [0.2, 0.25) is 0 Å². The highest BCUT2D eigenvalue weighted by Gasteiger charge is 2.28. The molecule has 0 atom stereocenters. The Bertz CT molecular complexity index is 862. The van der Waals surface area contributed by atoms with E-state index in [0.29, 0.717) is 11.6 Å². The highest BCUT2D eigenvalue weighted by atomic mass is 16.5. The number of nitrogens with zero attached hydrogens (tertiary/aromatic N) is 3. The van der Waals surface area contributed by atoms with Gasteiger partial charge in [-0.3, -0.25) is 4.57 Å². The van der Waals surface area contributed by atoms with Gasteiger partial charge in [-0.1, -0.05) is 0 Å². The number of aryl methyl sites for hydroxylation is 1. The lowest BCUT2D eigenvalue weighted by molar-refractivity contribution is 0.0220. The number of H-pyrrole nitrogens is 1. The van der Waals surface area contributed by atoms with Gasteiger partial charge in [0.05, 0.1) is 22.7 Å². The second-order valence-corrected chi connectivity index (χ2v) is 7.21. The van der Waals surface area contributed by atoms with Gasteiger partial charge in [-0.15, -0.1) is 0 Å². The number of hydrogen-bond acceptors (Lipinski definition) is 4. The quantitative estimate of drug-likeness (QED) is 0.910. The van der Waals surface area contributed by atoms with E-state index in [1.54, 1.807) is 6.07 Å². The first-order valence-electron chi connectivity index (χ1n) is 9.14. The average Bonchev–Trinajstić information content (AvgIpc) is 2.96. The Morgan fingerprint density at radius 1 is 1.16 bits per heavy atom. The molecular formula is C19H24N4O2. The second kappa shape index (κ2) is 6.66. The van der Waals surface area contributed by atoms with Crippen LogP contribution >= 0.6 is 0 Å². The fourth-order valence-corrected chi connectivity index (χ4v) is 4.32. The van der Waals surface area contributed by atoms with E-state index in [1.807, 2.05) is 17.6 Å². The zero-order valence-corrected chi connectivity index (χ0v) is 14.6. The van der Waals surface area contributed by atoms with Crippen LogP contribution < -0.4 is 5.69 Å². The number of imidazole rings is 1. The van der Waals surface area contributed by atoms with E-state index in [9.17, 15) is 10.1 Å². The third kappa shape index (κ3) is 2.99. The first-order chi connectivity index (χ1) is 12.2. The van der Waals surface area contributed by atoms with Crippen molar-refractivity contribution in [1.82, 2.24) is 14.5 Å². The number of nitrogens with one attached hydrogen (secondary N) is 1. The molecule has 0 bridgehead atoms. The first-order valence-corrected chi connectivity index (χ1v) is 9.14. The molecule has 0 saturated carbocycles. The van der Waals surface area contributed by atoms with E-state index in [1.165, 1.54) is 0 Å². The molecule has 4 rings (SSSR count). The van der Waals surface area contributed by atoms with Crippen molar-refractivity contribution in [2.45, 2.75) is 44.7 Å². The lowest BCUT2D eigenvalue weighted by atomic mass is 9.99. The summed E-state index contributed by atoms with van der Waals surface area (Å²) in [5.74, 6) is 0. The fourth-order valence-electron chi connectivity index (χ4n) is 4.32. The van der Waals surface area contributed by atoms with Gasteiger partial charge in [0.1, 0.15) is 0 Å². The minimum absolute atomic E-state index is 0.0611. The number of benzene rings is 1. The van der Waals surface area contributed by atoms with Crippen molar-refractivity contribution in [3.63, 3.8) is 0 Å². The van der Waals surface area contributed by atoms with Crippen molar-refractivity contribution in [1.29, 1.82) is 5.26 Å². The van der Waals surface area contributed by atoms with Gasteiger partial charge in [0.15, 0.2) is 0 Å². The van der Waals surface area contributed by atoms with Crippen LogP contribution in [0.1, 0.15) is 42.9 Å². The minimum Gasteiger partial charge on any atom is -0.381 e.